The van der Waals surface area contributed by atoms with Crippen LogP contribution < -0.4 is 5.32 Å². The van der Waals surface area contributed by atoms with Crippen LogP contribution in [0, 0.1) is 0 Å². The highest BCUT2D eigenvalue weighted by atomic mass is 32.2. The van der Waals surface area contributed by atoms with E-state index in [0.29, 0.717) is 0 Å². The molecule has 0 aromatic heterocycles. The second kappa shape index (κ2) is 4.51. The Bertz CT molecular complexity index is 219. The Hall–Kier alpha value is -0.260. The standard InChI is InChI=1S/C9H16N2O2S/c12-4-7-2-1-3-11(7)9(13)8-5-14-6-10-8/h7-8,10,12H,1-6H2/t7-,8?/m0/s1. The van der Waals surface area contributed by atoms with Gasteiger partial charge < -0.3 is 10.0 Å². The number of aliphatic hydroxyl groups excluding tert-OH is 1. The van der Waals surface area contributed by atoms with E-state index in [0.717, 1.165) is 31.0 Å². The maximum absolute atomic E-state index is 12.0. The van der Waals surface area contributed by atoms with Crippen molar-refractivity contribution in [2.45, 2.75) is 24.9 Å². The van der Waals surface area contributed by atoms with E-state index < -0.39 is 0 Å². The summed E-state index contributed by atoms with van der Waals surface area (Å²) >= 11 is 1.76. The molecule has 14 heavy (non-hydrogen) atoms. The summed E-state index contributed by atoms with van der Waals surface area (Å²) in [4.78, 5) is 13.8. The molecule has 4 nitrogen and oxygen atoms in total. The van der Waals surface area contributed by atoms with Gasteiger partial charge in [0.1, 0.15) is 0 Å². The Morgan fingerprint density at radius 1 is 1.64 bits per heavy atom. The third-order valence-corrected chi connectivity index (χ3v) is 3.83. The largest absolute Gasteiger partial charge is 0.394 e. The Morgan fingerprint density at radius 3 is 3.14 bits per heavy atom. The number of likely N-dealkylation sites (tertiary alicyclic amines) is 1. The van der Waals surface area contributed by atoms with E-state index in [1.807, 2.05) is 4.90 Å². The molecular formula is C9H16N2O2S. The minimum absolute atomic E-state index is 0.0212. The topological polar surface area (TPSA) is 52.6 Å². The number of carbonyl (C=O) groups is 1. The molecule has 0 spiro atoms. The van der Waals surface area contributed by atoms with Crippen molar-refractivity contribution in [2.75, 3.05) is 24.8 Å². The maximum atomic E-state index is 12.0. The summed E-state index contributed by atoms with van der Waals surface area (Å²) in [6, 6.07) is 0.0436. The first-order valence-corrected chi connectivity index (χ1v) is 6.21. The lowest BCUT2D eigenvalue weighted by Gasteiger charge is -2.25. The van der Waals surface area contributed by atoms with Crippen molar-refractivity contribution in [2.24, 2.45) is 0 Å². The second-order valence-electron chi connectivity index (χ2n) is 3.78. The highest BCUT2D eigenvalue weighted by molar-refractivity contribution is 7.99. The van der Waals surface area contributed by atoms with Crippen LogP contribution in [0.4, 0.5) is 0 Å². The molecular weight excluding hydrogens is 200 g/mol. The molecule has 2 fully saturated rings. The van der Waals surface area contributed by atoms with Gasteiger partial charge in [-0.15, -0.1) is 11.8 Å². The number of rotatable bonds is 2. The SMILES string of the molecule is O=C(C1CSCN1)N1CCC[C@H]1CO. The lowest BCUT2D eigenvalue weighted by molar-refractivity contribution is -0.134. The van der Waals surface area contributed by atoms with E-state index in [2.05, 4.69) is 5.32 Å². The molecule has 2 rings (SSSR count). The summed E-state index contributed by atoms with van der Waals surface area (Å²) < 4.78 is 0. The summed E-state index contributed by atoms with van der Waals surface area (Å²) in [7, 11) is 0. The summed E-state index contributed by atoms with van der Waals surface area (Å²) in [5.41, 5.74) is 0. The van der Waals surface area contributed by atoms with Crippen molar-refractivity contribution >= 4 is 17.7 Å². The number of nitrogens with zero attached hydrogens (tertiary/aromatic N) is 1. The average molecular weight is 216 g/mol. The van der Waals surface area contributed by atoms with Gasteiger partial charge in [0.15, 0.2) is 0 Å². The van der Waals surface area contributed by atoms with Crippen molar-refractivity contribution in [1.29, 1.82) is 0 Å². The number of hydrogen-bond acceptors (Lipinski definition) is 4. The first-order chi connectivity index (χ1) is 6.83. The zero-order chi connectivity index (χ0) is 9.97. The Labute approximate surface area is 88.0 Å². The van der Waals surface area contributed by atoms with Crippen molar-refractivity contribution in [1.82, 2.24) is 10.2 Å². The fourth-order valence-corrected chi connectivity index (χ4v) is 3.00. The Kier molecular flexibility index (Phi) is 3.30. The van der Waals surface area contributed by atoms with E-state index in [4.69, 9.17) is 5.11 Å². The van der Waals surface area contributed by atoms with Gasteiger partial charge in [0.25, 0.3) is 0 Å². The molecule has 0 aromatic rings. The van der Waals surface area contributed by atoms with Gasteiger partial charge in [-0.1, -0.05) is 0 Å². The van der Waals surface area contributed by atoms with Crippen LogP contribution in [0.1, 0.15) is 12.8 Å². The van der Waals surface area contributed by atoms with E-state index >= 15 is 0 Å². The lowest BCUT2D eigenvalue weighted by Crippen LogP contribution is -2.47. The fourth-order valence-electron chi connectivity index (χ4n) is 2.07. The summed E-state index contributed by atoms with van der Waals surface area (Å²) in [6.07, 6.45) is 1.97. The molecule has 2 aliphatic rings. The average Bonchev–Trinajstić information content (AvgIpc) is 2.87. The molecule has 0 aromatic carbocycles. The van der Waals surface area contributed by atoms with Crippen LogP contribution in [0.15, 0.2) is 0 Å². The zero-order valence-electron chi connectivity index (χ0n) is 8.11. The summed E-state index contributed by atoms with van der Waals surface area (Å²) in [5, 5.41) is 12.3. The molecule has 0 bridgehead atoms. The van der Waals surface area contributed by atoms with E-state index in [9.17, 15) is 4.79 Å². The number of aliphatic hydroxyl groups is 1. The molecule has 0 radical (unpaired) electrons. The van der Waals surface area contributed by atoms with E-state index in [-0.39, 0.29) is 24.6 Å². The molecule has 2 aliphatic heterocycles. The molecule has 1 unspecified atom stereocenters. The number of amides is 1. The second-order valence-corrected chi connectivity index (χ2v) is 4.81. The Morgan fingerprint density at radius 2 is 2.50 bits per heavy atom. The van der Waals surface area contributed by atoms with Gasteiger partial charge in [0, 0.05) is 18.2 Å². The monoisotopic (exact) mass is 216 g/mol. The van der Waals surface area contributed by atoms with Gasteiger partial charge in [0.2, 0.25) is 5.91 Å². The number of hydrogen-bond donors (Lipinski definition) is 2. The van der Waals surface area contributed by atoms with Crippen LogP contribution in [-0.4, -0.2) is 52.8 Å². The van der Waals surface area contributed by atoms with Gasteiger partial charge in [-0.3, -0.25) is 10.1 Å². The quantitative estimate of drug-likeness (QED) is 0.661. The van der Waals surface area contributed by atoms with E-state index in [1.54, 1.807) is 11.8 Å². The summed E-state index contributed by atoms with van der Waals surface area (Å²) in [5.74, 6) is 1.91. The van der Waals surface area contributed by atoms with Crippen LogP contribution in [0.3, 0.4) is 0 Å². The molecule has 2 saturated heterocycles. The third-order valence-electron chi connectivity index (χ3n) is 2.89. The van der Waals surface area contributed by atoms with Crippen LogP contribution in [0.5, 0.6) is 0 Å². The molecule has 0 aliphatic carbocycles. The maximum Gasteiger partial charge on any atom is 0.240 e. The van der Waals surface area contributed by atoms with Crippen LogP contribution in [0.2, 0.25) is 0 Å². The lowest BCUT2D eigenvalue weighted by atomic mass is 10.2. The van der Waals surface area contributed by atoms with Crippen molar-refractivity contribution in [3.8, 4) is 0 Å². The number of thioether (sulfide) groups is 1. The molecule has 5 heteroatoms. The fraction of sp³-hybridized carbons (Fsp3) is 0.889. The van der Waals surface area contributed by atoms with Gasteiger partial charge in [0.05, 0.1) is 18.7 Å². The van der Waals surface area contributed by atoms with Crippen molar-refractivity contribution in [3.05, 3.63) is 0 Å². The van der Waals surface area contributed by atoms with Crippen molar-refractivity contribution < 1.29 is 9.90 Å². The van der Waals surface area contributed by atoms with Crippen LogP contribution in [-0.2, 0) is 4.79 Å². The molecule has 1 amide bonds. The molecule has 2 heterocycles. The van der Waals surface area contributed by atoms with Gasteiger partial charge in [-0.25, -0.2) is 0 Å². The molecule has 80 valence electrons. The van der Waals surface area contributed by atoms with Crippen LogP contribution in [0.25, 0.3) is 0 Å². The zero-order valence-corrected chi connectivity index (χ0v) is 8.92. The minimum Gasteiger partial charge on any atom is -0.394 e. The van der Waals surface area contributed by atoms with Gasteiger partial charge >= 0.3 is 0 Å². The number of nitrogens with one attached hydrogen (secondary N) is 1. The van der Waals surface area contributed by atoms with Crippen LogP contribution >= 0.6 is 11.8 Å². The Balaban J connectivity index is 1.95. The predicted molar refractivity (Wildman–Crippen MR) is 56.1 cm³/mol. The van der Waals surface area contributed by atoms with Gasteiger partial charge in [-0.2, -0.15) is 0 Å². The number of carbonyl (C=O) groups excluding carboxylic acids is 1. The molecule has 2 atom stereocenters. The molecule has 0 saturated carbocycles. The minimum atomic E-state index is -0.0212. The first-order valence-electron chi connectivity index (χ1n) is 5.05. The smallest absolute Gasteiger partial charge is 0.240 e. The molecule has 2 N–H and O–H groups in total. The summed E-state index contributed by atoms with van der Waals surface area (Å²) in [6.45, 7) is 0.915. The highest BCUT2D eigenvalue weighted by Crippen LogP contribution is 2.20. The highest BCUT2D eigenvalue weighted by Gasteiger charge is 2.33. The van der Waals surface area contributed by atoms with Gasteiger partial charge in [-0.05, 0) is 12.8 Å². The van der Waals surface area contributed by atoms with Crippen molar-refractivity contribution in [3.63, 3.8) is 0 Å². The first kappa shape index (κ1) is 10.3. The normalized spacial score (nSPS) is 32.5. The van der Waals surface area contributed by atoms with E-state index in [1.165, 1.54) is 0 Å². The predicted octanol–water partition coefficient (Wildman–Crippen LogP) is -0.368. The third kappa shape index (κ3) is 1.89.